The maximum absolute atomic E-state index is 14.8. The zero-order valence-electron chi connectivity index (χ0n) is 17.5. The molecule has 0 aliphatic rings. The number of halogens is 1. The summed E-state index contributed by atoms with van der Waals surface area (Å²) in [6.07, 6.45) is 2.69. The molecule has 6 nitrogen and oxygen atoms in total. The van der Waals surface area contributed by atoms with Crippen molar-refractivity contribution in [2.45, 2.75) is 20.3 Å². The van der Waals surface area contributed by atoms with E-state index in [0.717, 1.165) is 23.2 Å². The molecule has 0 saturated heterocycles. The summed E-state index contributed by atoms with van der Waals surface area (Å²) in [5, 5.41) is 13.3. The number of carbonyl (C=O) groups excluding carboxylic acids is 1. The van der Waals surface area contributed by atoms with Gasteiger partial charge in [-0.25, -0.2) is 9.37 Å². The summed E-state index contributed by atoms with van der Waals surface area (Å²) in [4.78, 5) is 18.5. The number of aryl methyl sites for hydroxylation is 1. The van der Waals surface area contributed by atoms with Crippen LogP contribution in [0.1, 0.15) is 22.4 Å². The van der Waals surface area contributed by atoms with Gasteiger partial charge in [0, 0.05) is 17.7 Å². The van der Waals surface area contributed by atoms with E-state index in [1.165, 1.54) is 0 Å². The van der Waals surface area contributed by atoms with Crippen molar-refractivity contribution in [1.29, 1.82) is 0 Å². The van der Waals surface area contributed by atoms with Crippen molar-refractivity contribution in [3.63, 3.8) is 0 Å². The number of ether oxygens (including phenoxy) is 1. The molecular formula is C23H19FN2NaO4-. The van der Waals surface area contributed by atoms with Crippen molar-refractivity contribution < 1.29 is 53.4 Å². The van der Waals surface area contributed by atoms with Gasteiger partial charge in [0.05, 0.1) is 0 Å². The molecule has 3 aromatic rings. The Labute approximate surface area is 202 Å². The van der Waals surface area contributed by atoms with Gasteiger partial charge in [-0.05, 0) is 61.8 Å². The van der Waals surface area contributed by atoms with Crippen molar-refractivity contribution in [3.8, 4) is 22.8 Å². The van der Waals surface area contributed by atoms with Crippen LogP contribution < -0.4 is 34.3 Å². The summed E-state index contributed by atoms with van der Waals surface area (Å²) in [5.41, 5.74) is 4.04. The first-order chi connectivity index (χ1) is 14.5. The SMILES string of the molecule is Cc1cc(OC[C-]=NO[C-]=O)c(F)c(C)c1Cc1ccc(O)c(-c2ccccc2)n1.[Na+]. The standard InChI is InChI=1S/C23H19FN2O4.Na/c1-15-12-21(29-11-10-25-30-14-27)22(24)16(2)19(15)13-18-8-9-20(28)23(26-18)17-6-4-3-5-7-17;/h3-9,12,28H,11,13H2,1-2H3;/q-2;+1. The normalized spacial score (nSPS) is 10.5. The van der Waals surface area contributed by atoms with Crippen molar-refractivity contribution in [1.82, 2.24) is 4.98 Å². The molecule has 0 atom stereocenters. The molecule has 154 valence electrons. The van der Waals surface area contributed by atoms with Gasteiger partial charge >= 0.3 is 29.6 Å². The van der Waals surface area contributed by atoms with Crippen LogP contribution in [0.15, 0.2) is 53.7 Å². The minimum atomic E-state index is -0.498. The summed E-state index contributed by atoms with van der Waals surface area (Å²) >= 11 is 0. The predicted molar refractivity (Wildman–Crippen MR) is 110 cm³/mol. The molecule has 0 bridgehead atoms. The molecule has 0 aliphatic heterocycles. The molecule has 31 heavy (non-hydrogen) atoms. The molecule has 3 rings (SSSR count). The monoisotopic (exact) mass is 429 g/mol. The Hall–Kier alpha value is -2.74. The van der Waals surface area contributed by atoms with Crippen LogP contribution >= 0.6 is 0 Å². The second-order valence-corrected chi connectivity index (χ2v) is 6.53. The van der Waals surface area contributed by atoms with Crippen LogP contribution in [0.2, 0.25) is 0 Å². The molecule has 1 aromatic heterocycles. The van der Waals surface area contributed by atoms with Gasteiger partial charge in [-0.1, -0.05) is 30.3 Å². The van der Waals surface area contributed by atoms with Crippen molar-refractivity contribution in [3.05, 3.63) is 76.7 Å². The summed E-state index contributed by atoms with van der Waals surface area (Å²) in [6, 6.07) is 14.3. The molecule has 8 heteroatoms. The van der Waals surface area contributed by atoms with E-state index in [1.807, 2.05) is 37.3 Å². The Morgan fingerprint density at radius 2 is 1.90 bits per heavy atom. The molecular weight excluding hydrogens is 410 g/mol. The van der Waals surface area contributed by atoms with Gasteiger partial charge in [-0.3, -0.25) is 0 Å². The van der Waals surface area contributed by atoms with Gasteiger partial charge in [0.1, 0.15) is 11.4 Å². The Kier molecular flexibility index (Phi) is 9.18. The van der Waals surface area contributed by atoms with Crippen molar-refractivity contribution in [2.75, 3.05) is 6.61 Å². The van der Waals surface area contributed by atoms with Crippen LogP contribution in [-0.4, -0.2) is 29.4 Å². The summed E-state index contributed by atoms with van der Waals surface area (Å²) < 4.78 is 20.1. The van der Waals surface area contributed by atoms with Crippen LogP contribution in [0.5, 0.6) is 11.5 Å². The van der Waals surface area contributed by atoms with Crippen molar-refractivity contribution >= 4 is 12.7 Å². The van der Waals surface area contributed by atoms with Gasteiger partial charge < -0.3 is 30.8 Å². The quantitative estimate of drug-likeness (QED) is 0.191. The Morgan fingerprint density at radius 3 is 2.61 bits per heavy atom. The fraction of sp³-hybridized carbons (Fsp3) is 0.174. The van der Waals surface area contributed by atoms with Crippen LogP contribution in [0.4, 0.5) is 4.39 Å². The van der Waals surface area contributed by atoms with Gasteiger partial charge in [0.2, 0.25) is 0 Å². The average Bonchev–Trinajstić information content (AvgIpc) is 2.76. The number of benzene rings is 2. The second-order valence-electron chi connectivity index (χ2n) is 6.53. The van der Waals surface area contributed by atoms with E-state index >= 15 is 0 Å². The Balaban J connectivity index is 0.00000341. The molecule has 1 N–H and O–H groups in total. The van der Waals surface area contributed by atoms with Gasteiger partial charge in [0.25, 0.3) is 0 Å². The number of nitrogens with zero attached hydrogens (tertiary/aromatic N) is 2. The van der Waals surface area contributed by atoms with E-state index in [2.05, 4.69) is 21.2 Å². The number of pyridine rings is 1. The third-order valence-corrected chi connectivity index (χ3v) is 4.60. The molecule has 0 spiro atoms. The van der Waals surface area contributed by atoms with E-state index in [1.54, 1.807) is 25.1 Å². The zero-order chi connectivity index (χ0) is 21.5. The summed E-state index contributed by atoms with van der Waals surface area (Å²) in [5.74, 6) is -0.361. The minimum Gasteiger partial charge on any atom is -0.557 e. The molecule has 0 fully saturated rings. The maximum atomic E-state index is 14.8. The van der Waals surface area contributed by atoms with Crippen LogP contribution in [-0.2, 0) is 16.1 Å². The maximum Gasteiger partial charge on any atom is 1.00 e. The van der Waals surface area contributed by atoms with Gasteiger partial charge in [0.15, 0.2) is 11.6 Å². The third-order valence-electron chi connectivity index (χ3n) is 4.60. The molecule has 0 saturated carbocycles. The van der Waals surface area contributed by atoms with E-state index < -0.39 is 5.82 Å². The van der Waals surface area contributed by atoms with Gasteiger partial charge in [-0.15, -0.1) is 0 Å². The largest absolute Gasteiger partial charge is 1.00 e. The van der Waals surface area contributed by atoms with Crippen LogP contribution in [0, 0.1) is 19.7 Å². The number of hydrogen-bond acceptors (Lipinski definition) is 6. The van der Waals surface area contributed by atoms with E-state index in [0.29, 0.717) is 23.4 Å². The van der Waals surface area contributed by atoms with E-state index in [-0.39, 0.29) is 47.7 Å². The summed E-state index contributed by atoms with van der Waals surface area (Å²) in [7, 11) is 0. The van der Waals surface area contributed by atoms with Gasteiger partial charge in [-0.2, -0.15) is 0 Å². The van der Waals surface area contributed by atoms with Crippen molar-refractivity contribution in [2.24, 2.45) is 5.16 Å². The summed E-state index contributed by atoms with van der Waals surface area (Å²) in [6.45, 7) is 4.46. The smallest absolute Gasteiger partial charge is 0.557 e. The number of aromatic nitrogens is 1. The fourth-order valence-electron chi connectivity index (χ4n) is 3.10. The van der Waals surface area contributed by atoms with E-state index in [4.69, 9.17) is 4.74 Å². The third kappa shape index (κ3) is 6.13. The number of aromatic hydroxyl groups is 1. The van der Waals surface area contributed by atoms with Crippen LogP contribution in [0.25, 0.3) is 11.3 Å². The first kappa shape index (κ1) is 24.5. The molecule has 1 heterocycles. The first-order valence-corrected chi connectivity index (χ1v) is 9.13. The second kappa shape index (κ2) is 11.6. The molecule has 0 unspecified atom stereocenters. The zero-order valence-corrected chi connectivity index (χ0v) is 19.5. The number of hydrogen-bond donors (Lipinski definition) is 1. The topological polar surface area (TPSA) is 81.0 Å². The van der Waals surface area contributed by atoms with E-state index in [9.17, 15) is 14.3 Å². The first-order valence-electron chi connectivity index (χ1n) is 9.13. The Morgan fingerprint density at radius 1 is 1.16 bits per heavy atom. The average molecular weight is 429 g/mol. The molecule has 0 radical (unpaired) electrons. The Bertz CT molecular complexity index is 1070. The number of rotatable bonds is 8. The molecule has 2 aromatic carbocycles. The minimum absolute atomic E-state index is 0. The predicted octanol–water partition coefficient (Wildman–Crippen LogP) is 1.13. The van der Waals surface area contributed by atoms with Crippen LogP contribution in [0.3, 0.4) is 0 Å². The fourth-order valence-corrected chi connectivity index (χ4v) is 3.10. The molecule has 0 amide bonds. The molecule has 0 aliphatic carbocycles.